The molecule has 4 rings (SSSR count). The summed E-state index contributed by atoms with van der Waals surface area (Å²) in [5, 5.41) is 13.6. The smallest absolute Gasteiger partial charge is 0.405 e. The molecule has 0 fully saturated rings. The summed E-state index contributed by atoms with van der Waals surface area (Å²) in [6, 6.07) is 13.0. The van der Waals surface area contributed by atoms with Gasteiger partial charge in [0.25, 0.3) is 5.56 Å². The topological polar surface area (TPSA) is 71.3 Å². The van der Waals surface area contributed by atoms with Gasteiger partial charge in [0.15, 0.2) is 0 Å². The van der Waals surface area contributed by atoms with E-state index < -0.39 is 20.2 Å². The molecule has 1 aliphatic rings. The second-order valence-electron chi connectivity index (χ2n) is 9.39. The van der Waals surface area contributed by atoms with Gasteiger partial charge in [-0.05, 0) is 60.9 Å². The van der Waals surface area contributed by atoms with E-state index in [1.807, 2.05) is 36.4 Å². The molecule has 0 saturated heterocycles. The van der Waals surface area contributed by atoms with Gasteiger partial charge in [0.1, 0.15) is 8.07 Å². The molecule has 3 aromatic rings. The van der Waals surface area contributed by atoms with Gasteiger partial charge in [-0.2, -0.15) is 0 Å². The van der Waals surface area contributed by atoms with E-state index in [9.17, 15) is 14.7 Å². The van der Waals surface area contributed by atoms with Crippen molar-refractivity contribution in [2.24, 2.45) is 0 Å². The molecule has 5 nitrogen and oxygen atoms in total. The quantitative estimate of drug-likeness (QED) is 0.439. The molecular weight excluding hydrogens is 416 g/mol. The molecule has 0 radical (unpaired) electrons. The third-order valence-electron chi connectivity index (χ3n) is 5.77. The van der Waals surface area contributed by atoms with Crippen molar-refractivity contribution >= 4 is 24.9 Å². The number of carbonyl (C=O) groups is 1. The lowest BCUT2D eigenvalue weighted by molar-refractivity contribution is 0.190. The molecule has 0 unspecified atom stereocenters. The van der Waals surface area contributed by atoms with Crippen molar-refractivity contribution in [3.8, 4) is 17.2 Å². The minimum atomic E-state index is -1.64. The molecule has 0 aliphatic heterocycles. The average molecular weight is 445 g/mol. The second kappa shape index (κ2) is 8.32. The van der Waals surface area contributed by atoms with Crippen molar-refractivity contribution < 1.29 is 9.90 Å². The third-order valence-corrected chi connectivity index (χ3v) is 6.65. The first-order valence-electron chi connectivity index (χ1n) is 11.0. The molecule has 6 heteroatoms. The third kappa shape index (κ3) is 4.08. The lowest BCUT2D eigenvalue weighted by Crippen LogP contribution is -2.33. The molecule has 0 bridgehead atoms. The first-order chi connectivity index (χ1) is 15.2. The van der Waals surface area contributed by atoms with Gasteiger partial charge in [0, 0.05) is 11.3 Å². The van der Waals surface area contributed by atoms with E-state index in [0.29, 0.717) is 11.1 Å². The molecule has 1 atom stereocenters. The summed E-state index contributed by atoms with van der Waals surface area (Å²) in [5.41, 5.74) is 7.64. The van der Waals surface area contributed by atoms with Gasteiger partial charge in [-0.15, -0.1) is 5.54 Å². The summed E-state index contributed by atoms with van der Waals surface area (Å²) < 4.78 is 1.69. The van der Waals surface area contributed by atoms with Crippen LogP contribution in [0.1, 0.15) is 41.8 Å². The molecule has 1 heterocycles. The summed E-state index contributed by atoms with van der Waals surface area (Å²) in [4.78, 5) is 25.5. The van der Waals surface area contributed by atoms with Crippen LogP contribution in [0.25, 0.3) is 16.5 Å². The Morgan fingerprint density at radius 2 is 1.81 bits per heavy atom. The van der Waals surface area contributed by atoms with E-state index in [-0.39, 0.29) is 5.56 Å². The Labute approximate surface area is 189 Å². The molecule has 2 aromatic carbocycles. The van der Waals surface area contributed by atoms with Crippen LogP contribution in [0, 0.1) is 11.5 Å². The highest BCUT2D eigenvalue weighted by Gasteiger charge is 2.27. The van der Waals surface area contributed by atoms with Crippen LogP contribution >= 0.6 is 0 Å². The van der Waals surface area contributed by atoms with E-state index >= 15 is 0 Å². The van der Waals surface area contributed by atoms with E-state index in [1.54, 1.807) is 11.5 Å². The number of pyridine rings is 1. The maximum Gasteiger partial charge on any atom is 0.405 e. The van der Waals surface area contributed by atoms with Crippen molar-refractivity contribution in [2.75, 3.05) is 0 Å². The van der Waals surface area contributed by atoms with Gasteiger partial charge in [0.05, 0.1) is 17.1 Å². The van der Waals surface area contributed by atoms with E-state index in [1.165, 1.54) is 0 Å². The Hall–Kier alpha value is -3.30. The fourth-order valence-electron chi connectivity index (χ4n) is 4.51. The lowest BCUT2D eigenvalue weighted by Gasteiger charge is -2.27. The highest BCUT2D eigenvalue weighted by molar-refractivity contribution is 6.83. The zero-order valence-electron chi connectivity index (χ0n) is 19.0. The first-order valence-corrected chi connectivity index (χ1v) is 14.5. The fourth-order valence-corrected chi connectivity index (χ4v) is 5.02. The standard InChI is InChI=1S/C26H28N2O3Si/c1-17(27-26(30)31)24-21-12-8-9-18-13-14-19(15-16-32(2,3)4)23(22(18)21)25(29)28(24)20-10-6-5-7-11-20/h5-7,10-11,13-14,17,27H,8-9,12H2,1-4H3,(H,30,31)/t17-/m0/s1. The highest BCUT2D eigenvalue weighted by Crippen LogP contribution is 2.35. The van der Waals surface area contributed by atoms with Crippen molar-refractivity contribution in [1.29, 1.82) is 0 Å². The van der Waals surface area contributed by atoms with Crippen LogP contribution in [-0.2, 0) is 12.8 Å². The number of hydrogen-bond acceptors (Lipinski definition) is 2. The largest absolute Gasteiger partial charge is 0.465 e. The highest BCUT2D eigenvalue weighted by atomic mass is 28.3. The minimum Gasteiger partial charge on any atom is -0.465 e. The van der Waals surface area contributed by atoms with Crippen LogP contribution in [0.4, 0.5) is 4.79 Å². The van der Waals surface area contributed by atoms with Crippen molar-refractivity contribution in [3.63, 3.8) is 0 Å². The van der Waals surface area contributed by atoms with Crippen LogP contribution in [-0.4, -0.2) is 23.8 Å². The molecule has 164 valence electrons. The maximum absolute atomic E-state index is 14.1. The predicted octanol–water partition coefficient (Wildman–Crippen LogP) is 5.04. The number of aromatic nitrogens is 1. The average Bonchev–Trinajstić information content (AvgIpc) is 2.74. The van der Waals surface area contributed by atoms with Gasteiger partial charge in [0.2, 0.25) is 0 Å². The Kier molecular flexibility index (Phi) is 5.70. The molecule has 1 aliphatic carbocycles. The van der Waals surface area contributed by atoms with Gasteiger partial charge in [-0.1, -0.05) is 49.8 Å². The summed E-state index contributed by atoms with van der Waals surface area (Å²) in [5.74, 6) is 3.32. The molecule has 0 spiro atoms. The van der Waals surface area contributed by atoms with Crippen molar-refractivity contribution in [3.05, 3.63) is 75.2 Å². The summed E-state index contributed by atoms with van der Waals surface area (Å²) in [6.45, 7) is 8.36. The number of para-hydroxylation sites is 1. The van der Waals surface area contributed by atoms with Crippen LogP contribution in [0.15, 0.2) is 47.3 Å². The van der Waals surface area contributed by atoms with Gasteiger partial charge in [-0.3, -0.25) is 9.36 Å². The van der Waals surface area contributed by atoms with E-state index in [4.69, 9.17) is 0 Å². The minimum absolute atomic E-state index is 0.146. The number of aryl methyl sites for hydroxylation is 2. The van der Waals surface area contributed by atoms with Crippen LogP contribution in [0.5, 0.6) is 0 Å². The predicted molar refractivity (Wildman–Crippen MR) is 131 cm³/mol. The zero-order chi connectivity index (χ0) is 23.0. The number of nitrogens with one attached hydrogen (secondary N) is 1. The van der Waals surface area contributed by atoms with Gasteiger partial charge < -0.3 is 10.4 Å². The molecule has 2 N–H and O–H groups in total. The molecular formula is C26H28N2O3Si. The summed E-state index contributed by atoms with van der Waals surface area (Å²) in [6.07, 6.45) is 1.55. The number of hydrogen-bond donors (Lipinski definition) is 2. The Morgan fingerprint density at radius 3 is 2.47 bits per heavy atom. The van der Waals surface area contributed by atoms with E-state index in [2.05, 4.69) is 42.5 Å². The van der Waals surface area contributed by atoms with E-state index in [0.717, 1.165) is 47.0 Å². The van der Waals surface area contributed by atoms with Gasteiger partial charge >= 0.3 is 6.09 Å². The van der Waals surface area contributed by atoms with Crippen LogP contribution in [0.3, 0.4) is 0 Å². The lowest BCUT2D eigenvalue weighted by atomic mass is 9.85. The monoisotopic (exact) mass is 444 g/mol. The summed E-state index contributed by atoms with van der Waals surface area (Å²) >= 11 is 0. The van der Waals surface area contributed by atoms with Crippen LogP contribution < -0.4 is 10.9 Å². The molecule has 1 aromatic heterocycles. The Morgan fingerprint density at radius 1 is 1.09 bits per heavy atom. The molecule has 1 amide bonds. The number of carboxylic acid groups (broad SMARTS) is 1. The number of rotatable bonds is 3. The fraction of sp³-hybridized carbons (Fsp3) is 0.308. The normalized spacial score (nSPS) is 13.9. The number of nitrogens with zero attached hydrogens (tertiary/aromatic N) is 1. The number of benzene rings is 2. The Balaban J connectivity index is 2.16. The van der Waals surface area contributed by atoms with Crippen molar-refractivity contribution in [2.45, 2.75) is 51.9 Å². The van der Waals surface area contributed by atoms with Crippen molar-refractivity contribution in [1.82, 2.24) is 9.88 Å². The zero-order valence-corrected chi connectivity index (χ0v) is 20.0. The molecule has 32 heavy (non-hydrogen) atoms. The second-order valence-corrected chi connectivity index (χ2v) is 14.1. The Bertz CT molecular complexity index is 1330. The first kappa shape index (κ1) is 21.9. The number of amides is 1. The van der Waals surface area contributed by atoms with Gasteiger partial charge in [-0.25, -0.2) is 4.79 Å². The SMILES string of the molecule is C[C@H](NC(=O)O)c1c2c3c(ccc(C#C[Si](C)(C)C)c3c(=O)n1-c1ccccc1)CCC2. The summed E-state index contributed by atoms with van der Waals surface area (Å²) in [7, 11) is -1.64. The van der Waals surface area contributed by atoms with Crippen LogP contribution in [0.2, 0.25) is 19.6 Å². The maximum atomic E-state index is 14.1. The molecule has 0 saturated carbocycles.